The van der Waals surface area contributed by atoms with Crippen LogP contribution in [-0.2, 0) is 5.92 Å². The van der Waals surface area contributed by atoms with Crippen LogP contribution in [0.1, 0.15) is 11.3 Å². The average molecular weight is 256 g/mol. The number of rotatable bonds is 2. The average Bonchev–Trinajstić information content (AvgIpc) is 2.15. The van der Waals surface area contributed by atoms with Crippen molar-refractivity contribution in [2.24, 2.45) is 0 Å². The smallest absolute Gasteiger partial charge is 0.258 e. The summed E-state index contributed by atoms with van der Waals surface area (Å²) >= 11 is 0. The molecule has 1 rings (SSSR count). The Balaban J connectivity index is 3.46. The molecule has 0 aliphatic rings. The SMILES string of the molecule is Cc1cnc(C(F)(F)C(F)(F)F)c([N+](=O)[O-])c1. The fraction of sp³-hybridized carbons (Fsp3) is 0.375. The third-order valence-corrected chi connectivity index (χ3v) is 1.85. The third kappa shape index (κ3) is 2.32. The second-order valence-electron chi connectivity index (χ2n) is 3.21. The number of halogens is 5. The second kappa shape index (κ2) is 3.90. The largest absolute Gasteiger partial charge is 0.460 e. The number of hydrogen-bond acceptors (Lipinski definition) is 3. The van der Waals surface area contributed by atoms with Crippen molar-refractivity contribution in [1.29, 1.82) is 0 Å². The van der Waals surface area contributed by atoms with Gasteiger partial charge < -0.3 is 0 Å². The van der Waals surface area contributed by atoms with Crippen molar-refractivity contribution in [2.45, 2.75) is 19.0 Å². The van der Waals surface area contributed by atoms with Crippen LogP contribution >= 0.6 is 0 Å². The maximum atomic E-state index is 12.9. The van der Waals surface area contributed by atoms with Crippen LogP contribution in [0.3, 0.4) is 0 Å². The molecule has 0 spiro atoms. The fourth-order valence-electron chi connectivity index (χ4n) is 1.07. The van der Waals surface area contributed by atoms with Crippen molar-refractivity contribution >= 4 is 5.69 Å². The van der Waals surface area contributed by atoms with Gasteiger partial charge in [-0.1, -0.05) is 0 Å². The molecule has 0 saturated carbocycles. The highest BCUT2D eigenvalue weighted by Gasteiger charge is 2.62. The number of alkyl halides is 5. The van der Waals surface area contributed by atoms with Gasteiger partial charge in [-0.15, -0.1) is 0 Å². The maximum Gasteiger partial charge on any atom is 0.460 e. The number of nitrogens with zero attached hydrogens (tertiary/aromatic N) is 2. The molecule has 1 heterocycles. The van der Waals surface area contributed by atoms with E-state index in [1.54, 1.807) is 0 Å². The molecule has 0 fully saturated rings. The number of hydrogen-bond donors (Lipinski definition) is 0. The van der Waals surface area contributed by atoms with Crippen molar-refractivity contribution < 1.29 is 26.9 Å². The molecule has 0 bridgehead atoms. The Labute approximate surface area is 91.2 Å². The van der Waals surface area contributed by atoms with E-state index in [0.717, 1.165) is 0 Å². The molecule has 0 aliphatic carbocycles. The van der Waals surface area contributed by atoms with E-state index in [1.165, 1.54) is 6.92 Å². The van der Waals surface area contributed by atoms with Crippen molar-refractivity contribution in [2.75, 3.05) is 0 Å². The van der Waals surface area contributed by atoms with Crippen molar-refractivity contribution in [1.82, 2.24) is 4.98 Å². The van der Waals surface area contributed by atoms with Gasteiger partial charge >= 0.3 is 12.1 Å². The Morgan fingerprint density at radius 1 is 1.29 bits per heavy atom. The Morgan fingerprint density at radius 3 is 2.24 bits per heavy atom. The van der Waals surface area contributed by atoms with Crippen LogP contribution in [0.15, 0.2) is 12.3 Å². The summed E-state index contributed by atoms with van der Waals surface area (Å²) in [5.41, 5.74) is -3.15. The molecule has 0 saturated heterocycles. The van der Waals surface area contributed by atoms with E-state index in [4.69, 9.17) is 0 Å². The fourth-order valence-corrected chi connectivity index (χ4v) is 1.07. The lowest BCUT2D eigenvalue weighted by atomic mass is 10.1. The number of aromatic nitrogens is 1. The molecule has 0 aliphatic heterocycles. The molecule has 1 aromatic heterocycles. The van der Waals surface area contributed by atoms with Crippen LogP contribution in [0.5, 0.6) is 0 Å². The van der Waals surface area contributed by atoms with E-state index in [-0.39, 0.29) is 5.56 Å². The lowest BCUT2D eigenvalue weighted by molar-refractivity contribution is -0.390. The minimum Gasteiger partial charge on any atom is -0.258 e. The Morgan fingerprint density at radius 2 is 1.82 bits per heavy atom. The molecule has 4 nitrogen and oxygen atoms in total. The quantitative estimate of drug-likeness (QED) is 0.464. The van der Waals surface area contributed by atoms with Gasteiger partial charge in [-0.2, -0.15) is 22.0 Å². The highest BCUT2D eigenvalue weighted by Crippen LogP contribution is 2.45. The van der Waals surface area contributed by atoms with Gasteiger partial charge in [-0.25, -0.2) is 4.98 Å². The number of nitro groups is 1. The number of aryl methyl sites for hydroxylation is 1. The zero-order valence-electron chi connectivity index (χ0n) is 8.26. The van der Waals surface area contributed by atoms with E-state index in [2.05, 4.69) is 4.98 Å². The van der Waals surface area contributed by atoms with Crippen LogP contribution in [-0.4, -0.2) is 16.1 Å². The first-order chi connectivity index (χ1) is 7.57. The predicted octanol–water partition coefficient (Wildman–Crippen LogP) is 2.95. The summed E-state index contributed by atoms with van der Waals surface area (Å²) in [6.45, 7) is 1.29. The van der Waals surface area contributed by atoms with Gasteiger partial charge in [0.1, 0.15) is 0 Å². The molecule has 0 radical (unpaired) electrons. The van der Waals surface area contributed by atoms with Gasteiger partial charge in [0, 0.05) is 12.3 Å². The van der Waals surface area contributed by atoms with Gasteiger partial charge in [-0.05, 0) is 12.5 Å². The van der Waals surface area contributed by atoms with Gasteiger partial charge in [0.2, 0.25) is 0 Å². The van der Waals surface area contributed by atoms with E-state index in [0.29, 0.717) is 12.3 Å². The van der Waals surface area contributed by atoms with E-state index in [9.17, 15) is 32.1 Å². The van der Waals surface area contributed by atoms with Crippen molar-refractivity contribution in [3.63, 3.8) is 0 Å². The topological polar surface area (TPSA) is 56.0 Å². The molecule has 9 heteroatoms. The van der Waals surface area contributed by atoms with Crippen molar-refractivity contribution in [3.8, 4) is 0 Å². The highest BCUT2D eigenvalue weighted by atomic mass is 19.4. The maximum absolute atomic E-state index is 12.9. The molecule has 94 valence electrons. The van der Waals surface area contributed by atoms with Gasteiger partial charge in [0.05, 0.1) is 4.92 Å². The van der Waals surface area contributed by atoms with Gasteiger partial charge in [0.15, 0.2) is 5.69 Å². The molecular weight excluding hydrogens is 251 g/mol. The molecule has 0 amide bonds. The van der Waals surface area contributed by atoms with Gasteiger partial charge in [-0.3, -0.25) is 10.1 Å². The highest BCUT2D eigenvalue weighted by molar-refractivity contribution is 5.40. The molecule has 0 N–H and O–H groups in total. The lowest BCUT2D eigenvalue weighted by Gasteiger charge is -2.18. The Bertz CT molecular complexity index is 458. The monoisotopic (exact) mass is 256 g/mol. The first-order valence-corrected chi connectivity index (χ1v) is 4.13. The minimum absolute atomic E-state index is 0.110. The number of pyridine rings is 1. The Kier molecular flexibility index (Phi) is 3.04. The summed E-state index contributed by atoms with van der Waals surface area (Å²) in [6.07, 6.45) is -5.22. The van der Waals surface area contributed by atoms with E-state index >= 15 is 0 Å². The normalized spacial score (nSPS) is 12.6. The van der Waals surface area contributed by atoms with Crippen LogP contribution in [0.4, 0.5) is 27.6 Å². The van der Waals surface area contributed by atoms with Crippen LogP contribution in [0.25, 0.3) is 0 Å². The second-order valence-corrected chi connectivity index (χ2v) is 3.21. The lowest BCUT2D eigenvalue weighted by Crippen LogP contribution is -2.35. The van der Waals surface area contributed by atoms with Crippen LogP contribution < -0.4 is 0 Å². The Hall–Kier alpha value is -1.80. The predicted molar refractivity (Wildman–Crippen MR) is 45.6 cm³/mol. The zero-order valence-corrected chi connectivity index (χ0v) is 8.26. The molecule has 17 heavy (non-hydrogen) atoms. The molecule has 1 aromatic rings. The van der Waals surface area contributed by atoms with Crippen LogP contribution in [0.2, 0.25) is 0 Å². The summed E-state index contributed by atoms with van der Waals surface area (Å²) in [7, 11) is 0. The van der Waals surface area contributed by atoms with Crippen LogP contribution in [0, 0.1) is 17.0 Å². The summed E-state index contributed by atoms with van der Waals surface area (Å²) in [4.78, 5) is 11.9. The molecule has 0 aromatic carbocycles. The first-order valence-electron chi connectivity index (χ1n) is 4.13. The van der Waals surface area contributed by atoms with Crippen molar-refractivity contribution in [3.05, 3.63) is 33.6 Å². The van der Waals surface area contributed by atoms with Gasteiger partial charge in [0.25, 0.3) is 5.69 Å². The summed E-state index contributed by atoms with van der Waals surface area (Å²) in [5.74, 6) is -5.36. The zero-order chi connectivity index (χ0) is 13.4. The summed E-state index contributed by atoms with van der Waals surface area (Å²) in [6, 6.07) is 0.613. The molecule has 0 atom stereocenters. The minimum atomic E-state index is -5.93. The standard InChI is InChI=1S/C8H5F5N2O2/c1-4-2-5(15(16)17)6(14-3-4)7(9,10)8(11,12)13/h2-3H,1H3. The summed E-state index contributed by atoms with van der Waals surface area (Å²) < 4.78 is 62.0. The first kappa shape index (κ1) is 13.3. The molecule has 0 unspecified atom stereocenters. The summed E-state index contributed by atoms with van der Waals surface area (Å²) in [5, 5.41) is 10.4. The van der Waals surface area contributed by atoms with E-state index in [1.807, 2.05) is 0 Å². The third-order valence-electron chi connectivity index (χ3n) is 1.85. The molecular formula is C8H5F5N2O2. The van der Waals surface area contributed by atoms with E-state index < -0.39 is 28.4 Å².